The number of hydrogen-bond donors (Lipinski definition) is 1. The van der Waals surface area contributed by atoms with Crippen molar-refractivity contribution in [2.45, 2.75) is 20.5 Å². The van der Waals surface area contributed by atoms with Gasteiger partial charge in [0.2, 0.25) is 17.2 Å². The van der Waals surface area contributed by atoms with Crippen molar-refractivity contribution in [1.29, 1.82) is 0 Å². The quantitative estimate of drug-likeness (QED) is 0.838. The summed E-state index contributed by atoms with van der Waals surface area (Å²) in [5, 5.41) is 9.26. The number of aromatic nitrogens is 6. The molecule has 0 aromatic carbocycles. The molecule has 0 bridgehead atoms. The predicted octanol–water partition coefficient (Wildman–Crippen LogP) is 0.146. The minimum atomic E-state index is -0.265. The lowest BCUT2D eigenvalue weighted by Crippen LogP contribution is -2.48. The van der Waals surface area contributed by atoms with Crippen LogP contribution in [0.2, 0.25) is 5.28 Å². The Bertz CT molecular complexity index is 684. The number of piperazine rings is 1. The Kier molecular flexibility index (Phi) is 4.49. The van der Waals surface area contributed by atoms with E-state index in [1.807, 2.05) is 18.7 Å². The van der Waals surface area contributed by atoms with Crippen LogP contribution in [-0.4, -0.2) is 61.2 Å². The first-order valence-electron chi connectivity index (χ1n) is 7.25. The summed E-state index contributed by atoms with van der Waals surface area (Å²) in [5.41, 5.74) is 0. The van der Waals surface area contributed by atoms with E-state index in [1.54, 1.807) is 0 Å². The van der Waals surface area contributed by atoms with Crippen molar-refractivity contribution in [3.8, 4) is 0 Å². The summed E-state index contributed by atoms with van der Waals surface area (Å²) in [7, 11) is 0. The molecule has 0 saturated carbocycles. The smallest absolute Gasteiger partial charge is 0.230 e. The molecule has 0 aliphatic carbocycles. The molecule has 1 fully saturated rings. The van der Waals surface area contributed by atoms with Crippen LogP contribution >= 0.6 is 11.6 Å². The lowest BCUT2D eigenvalue weighted by molar-refractivity contribution is 0.271. The molecule has 2 aromatic rings. The Morgan fingerprint density at radius 1 is 0.826 bits per heavy atom. The molecule has 3 heterocycles. The topological polar surface area (TPSA) is 104 Å². The van der Waals surface area contributed by atoms with Crippen LogP contribution in [-0.2, 0) is 6.61 Å². The minimum Gasteiger partial charge on any atom is -0.388 e. The highest BCUT2D eigenvalue weighted by Gasteiger charge is 2.22. The molecule has 1 aliphatic heterocycles. The predicted molar refractivity (Wildman–Crippen MR) is 84.5 cm³/mol. The Morgan fingerprint density at radius 3 is 1.87 bits per heavy atom. The van der Waals surface area contributed by atoms with E-state index in [2.05, 4.69) is 34.8 Å². The molecule has 3 rings (SSSR count). The van der Waals surface area contributed by atoms with E-state index >= 15 is 0 Å². The first-order valence-corrected chi connectivity index (χ1v) is 7.63. The van der Waals surface area contributed by atoms with E-state index in [1.165, 1.54) is 0 Å². The molecule has 1 saturated heterocycles. The average Bonchev–Trinajstić information content (AvgIpc) is 2.53. The van der Waals surface area contributed by atoms with Crippen molar-refractivity contribution in [2.24, 2.45) is 0 Å². The number of hydrogen-bond acceptors (Lipinski definition) is 9. The van der Waals surface area contributed by atoms with Crippen LogP contribution < -0.4 is 9.80 Å². The average molecular weight is 337 g/mol. The van der Waals surface area contributed by atoms with Gasteiger partial charge in [-0.15, -0.1) is 0 Å². The zero-order chi connectivity index (χ0) is 16.4. The second-order valence-corrected chi connectivity index (χ2v) is 5.52. The number of aliphatic hydroxyl groups is 1. The fourth-order valence-corrected chi connectivity index (χ4v) is 2.61. The van der Waals surface area contributed by atoms with Crippen LogP contribution in [0.15, 0.2) is 0 Å². The summed E-state index contributed by atoms with van der Waals surface area (Å²) in [6.07, 6.45) is 0. The number of halogens is 1. The molecule has 0 atom stereocenters. The van der Waals surface area contributed by atoms with Gasteiger partial charge in [0.25, 0.3) is 0 Å². The molecular formula is C13H17ClN8O. The summed E-state index contributed by atoms with van der Waals surface area (Å²) in [6.45, 7) is 6.33. The van der Waals surface area contributed by atoms with E-state index < -0.39 is 0 Å². The fourth-order valence-electron chi connectivity index (χ4n) is 2.44. The molecule has 0 radical (unpaired) electrons. The molecule has 2 aromatic heterocycles. The van der Waals surface area contributed by atoms with Crippen LogP contribution in [0.25, 0.3) is 0 Å². The molecule has 9 nitrogen and oxygen atoms in total. The Hall–Kier alpha value is -2.13. The molecule has 0 unspecified atom stereocenters. The van der Waals surface area contributed by atoms with Gasteiger partial charge in [-0.05, 0) is 25.4 Å². The Morgan fingerprint density at radius 2 is 1.35 bits per heavy atom. The van der Waals surface area contributed by atoms with Crippen molar-refractivity contribution in [3.05, 3.63) is 22.8 Å². The van der Waals surface area contributed by atoms with Crippen LogP contribution in [0.5, 0.6) is 0 Å². The number of rotatable bonds is 3. The zero-order valence-electron chi connectivity index (χ0n) is 12.9. The van der Waals surface area contributed by atoms with Gasteiger partial charge in [-0.3, -0.25) is 0 Å². The van der Waals surface area contributed by atoms with E-state index in [9.17, 15) is 0 Å². The molecule has 0 amide bonds. The van der Waals surface area contributed by atoms with Gasteiger partial charge >= 0.3 is 0 Å². The second-order valence-electron chi connectivity index (χ2n) is 5.18. The SMILES string of the molecule is Cc1nc(C)nc(N2CCN(c3nc(Cl)nc(CO)n3)CC2)n1. The third-order valence-electron chi connectivity index (χ3n) is 3.48. The molecule has 1 aliphatic rings. The molecule has 10 heteroatoms. The van der Waals surface area contributed by atoms with Crippen LogP contribution in [0, 0.1) is 13.8 Å². The zero-order valence-corrected chi connectivity index (χ0v) is 13.7. The normalized spacial score (nSPS) is 15.1. The maximum atomic E-state index is 9.17. The summed E-state index contributed by atoms with van der Waals surface area (Å²) in [4.78, 5) is 29.3. The van der Waals surface area contributed by atoms with Gasteiger partial charge in [0.05, 0.1) is 0 Å². The van der Waals surface area contributed by atoms with E-state index in [0.717, 1.165) is 13.1 Å². The van der Waals surface area contributed by atoms with Crippen molar-refractivity contribution < 1.29 is 5.11 Å². The van der Waals surface area contributed by atoms with Gasteiger partial charge in [0, 0.05) is 26.2 Å². The van der Waals surface area contributed by atoms with Gasteiger partial charge < -0.3 is 14.9 Å². The third-order valence-corrected chi connectivity index (χ3v) is 3.65. The van der Waals surface area contributed by atoms with Gasteiger partial charge in [0.1, 0.15) is 18.3 Å². The number of anilines is 2. The van der Waals surface area contributed by atoms with Crippen molar-refractivity contribution >= 4 is 23.5 Å². The molecule has 122 valence electrons. The number of aryl methyl sites for hydroxylation is 2. The molecule has 0 spiro atoms. The minimum absolute atomic E-state index is 0.0881. The summed E-state index contributed by atoms with van der Waals surface area (Å²) < 4.78 is 0. The third kappa shape index (κ3) is 3.62. The van der Waals surface area contributed by atoms with Gasteiger partial charge in [-0.2, -0.15) is 19.9 Å². The van der Waals surface area contributed by atoms with E-state index in [0.29, 0.717) is 36.6 Å². The summed E-state index contributed by atoms with van der Waals surface area (Å²) in [5.74, 6) is 2.88. The molecule has 23 heavy (non-hydrogen) atoms. The van der Waals surface area contributed by atoms with Gasteiger partial charge in [0.15, 0.2) is 5.82 Å². The summed E-state index contributed by atoms with van der Waals surface area (Å²) in [6, 6.07) is 0. The molecular weight excluding hydrogens is 320 g/mol. The first-order chi connectivity index (χ1) is 11.0. The van der Waals surface area contributed by atoms with Gasteiger partial charge in [-0.1, -0.05) is 0 Å². The van der Waals surface area contributed by atoms with Crippen LogP contribution in [0.3, 0.4) is 0 Å². The molecule has 1 N–H and O–H groups in total. The van der Waals surface area contributed by atoms with Crippen LogP contribution in [0.1, 0.15) is 17.5 Å². The maximum Gasteiger partial charge on any atom is 0.230 e. The monoisotopic (exact) mass is 336 g/mol. The lowest BCUT2D eigenvalue weighted by Gasteiger charge is -2.34. The maximum absolute atomic E-state index is 9.17. The highest BCUT2D eigenvalue weighted by atomic mass is 35.5. The number of nitrogens with zero attached hydrogens (tertiary/aromatic N) is 8. The largest absolute Gasteiger partial charge is 0.388 e. The highest BCUT2D eigenvalue weighted by Crippen LogP contribution is 2.16. The van der Waals surface area contributed by atoms with Crippen LogP contribution in [0.4, 0.5) is 11.9 Å². The second kappa shape index (κ2) is 6.55. The standard InChI is InChI=1S/C13H17ClN8O/c1-8-15-9(2)17-12(16-8)21-3-5-22(6-4-21)13-19-10(7-23)18-11(14)20-13/h23H,3-7H2,1-2H3. The lowest BCUT2D eigenvalue weighted by atomic mass is 10.3. The van der Waals surface area contributed by atoms with E-state index in [4.69, 9.17) is 16.7 Å². The van der Waals surface area contributed by atoms with Crippen molar-refractivity contribution in [1.82, 2.24) is 29.9 Å². The number of aliphatic hydroxyl groups excluding tert-OH is 1. The van der Waals surface area contributed by atoms with Gasteiger partial charge in [-0.25, -0.2) is 9.97 Å². The Balaban J connectivity index is 1.72. The van der Waals surface area contributed by atoms with Crippen molar-refractivity contribution in [3.63, 3.8) is 0 Å². The van der Waals surface area contributed by atoms with E-state index in [-0.39, 0.29) is 17.7 Å². The summed E-state index contributed by atoms with van der Waals surface area (Å²) >= 11 is 5.87. The highest BCUT2D eigenvalue weighted by molar-refractivity contribution is 6.28. The fraction of sp³-hybridized carbons (Fsp3) is 0.538. The first kappa shape index (κ1) is 15.8. The Labute approximate surface area is 138 Å². The van der Waals surface area contributed by atoms with Crippen molar-refractivity contribution in [2.75, 3.05) is 36.0 Å².